The monoisotopic (exact) mass is 452 g/mol. The second-order valence-electron chi connectivity index (χ2n) is 7.80. The van der Waals surface area contributed by atoms with Crippen molar-refractivity contribution in [1.82, 2.24) is 24.1 Å². The molecule has 4 N–H and O–H groups in total. The van der Waals surface area contributed by atoms with Gasteiger partial charge >= 0.3 is 0 Å². The summed E-state index contributed by atoms with van der Waals surface area (Å²) in [7, 11) is 1.97. The summed E-state index contributed by atoms with van der Waals surface area (Å²) in [4.78, 5) is 12.8. The normalized spacial score (nSPS) is 23.2. The van der Waals surface area contributed by atoms with E-state index in [1.807, 2.05) is 48.3 Å². The average molecular weight is 453 g/mol. The van der Waals surface area contributed by atoms with Gasteiger partial charge < -0.3 is 29.8 Å². The lowest BCUT2D eigenvalue weighted by atomic mass is 10.1. The van der Waals surface area contributed by atoms with Crippen LogP contribution in [0.1, 0.15) is 11.9 Å². The molecule has 0 unspecified atom stereocenters. The van der Waals surface area contributed by atoms with Gasteiger partial charge in [-0.3, -0.25) is 0 Å². The number of hydrogen-bond acceptors (Lipinski definition) is 8. The van der Waals surface area contributed by atoms with Crippen LogP contribution in [0, 0.1) is 0 Å². The molecule has 1 saturated heterocycles. The highest BCUT2D eigenvalue weighted by atomic mass is 32.2. The maximum atomic E-state index is 10.7. The summed E-state index contributed by atoms with van der Waals surface area (Å²) in [5.74, 6) is 1.58. The van der Waals surface area contributed by atoms with Crippen molar-refractivity contribution in [2.24, 2.45) is 7.05 Å². The minimum Gasteiger partial charge on any atom is -0.387 e. The molecule has 1 fully saturated rings. The summed E-state index contributed by atoms with van der Waals surface area (Å²) in [6.45, 7) is 0. The van der Waals surface area contributed by atoms with Gasteiger partial charge in [-0.1, -0.05) is 30.3 Å². The van der Waals surface area contributed by atoms with Crippen LogP contribution >= 0.6 is 11.8 Å². The van der Waals surface area contributed by atoms with Crippen molar-refractivity contribution in [3.05, 3.63) is 60.9 Å². The Morgan fingerprint density at radius 2 is 1.91 bits per heavy atom. The fourth-order valence-electron chi connectivity index (χ4n) is 4.03. The highest BCUT2D eigenvalue weighted by molar-refractivity contribution is 7.98. The number of nitrogen functional groups attached to an aromatic ring is 1. The molecule has 0 bridgehead atoms. The van der Waals surface area contributed by atoms with Gasteiger partial charge in [-0.05, 0) is 6.07 Å². The highest BCUT2D eigenvalue weighted by Gasteiger charge is 2.44. The Kier molecular flexibility index (Phi) is 5.60. The van der Waals surface area contributed by atoms with Crippen LogP contribution in [0.25, 0.3) is 22.3 Å². The topological polar surface area (TPSA) is 124 Å². The smallest absolute Gasteiger partial charge is 0.164 e. The predicted octanol–water partition coefficient (Wildman–Crippen LogP) is 1.97. The molecule has 5 rings (SSSR count). The molecular weight excluding hydrogens is 428 g/mol. The standard InChI is InChI=1S/C22H24N6O3S/c1-27-12-26-17(13-5-3-2-4-6-13)15(27)9-32-10-16-18(29)19(30)22(31-16)28-8-7-14-20(23)24-11-25-21(14)28/h2-8,11-12,16,18-19,22,29-30H,9-10H2,1H3,(H2,23,24,25)/t16-,18-,19-,22-/m1/s1. The van der Waals surface area contributed by atoms with Gasteiger partial charge in [0.15, 0.2) is 6.23 Å². The van der Waals surface area contributed by atoms with E-state index in [0.29, 0.717) is 28.4 Å². The van der Waals surface area contributed by atoms with E-state index in [0.717, 1.165) is 17.0 Å². The molecule has 10 heteroatoms. The third-order valence-corrected chi connectivity index (χ3v) is 6.82. The molecule has 4 heterocycles. The SMILES string of the molecule is Cn1cnc(-c2ccccc2)c1CSC[C@H]1O[C@@H](n2ccc3c(N)ncnc32)[C@H](O)[C@@H]1O. The first-order valence-corrected chi connectivity index (χ1v) is 11.4. The Morgan fingerprint density at radius 3 is 2.72 bits per heavy atom. The lowest BCUT2D eigenvalue weighted by molar-refractivity contribution is -0.0285. The number of hydrogen-bond donors (Lipinski definition) is 3. The summed E-state index contributed by atoms with van der Waals surface area (Å²) < 4.78 is 9.77. The van der Waals surface area contributed by atoms with Crippen LogP contribution in [0.4, 0.5) is 5.82 Å². The number of anilines is 1. The van der Waals surface area contributed by atoms with E-state index in [1.54, 1.807) is 28.6 Å². The number of aliphatic hydroxyl groups excluding tert-OH is 2. The Labute approximate surface area is 188 Å². The van der Waals surface area contributed by atoms with E-state index in [1.165, 1.54) is 6.33 Å². The van der Waals surface area contributed by atoms with Crippen LogP contribution in [-0.4, -0.2) is 58.4 Å². The number of benzene rings is 1. The van der Waals surface area contributed by atoms with E-state index in [2.05, 4.69) is 15.0 Å². The van der Waals surface area contributed by atoms with Crippen molar-refractivity contribution >= 4 is 28.6 Å². The average Bonchev–Trinajstić information content (AvgIpc) is 3.47. The van der Waals surface area contributed by atoms with Crippen LogP contribution in [0.5, 0.6) is 0 Å². The van der Waals surface area contributed by atoms with Crippen LogP contribution in [0.15, 0.2) is 55.2 Å². The number of fused-ring (bicyclic) bond motifs is 1. The zero-order chi connectivity index (χ0) is 22.2. The van der Waals surface area contributed by atoms with Gasteiger partial charge in [0.1, 0.15) is 30.0 Å². The first-order valence-electron chi connectivity index (χ1n) is 10.3. The van der Waals surface area contributed by atoms with Crippen molar-refractivity contribution in [3.8, 4) is 11.3 Å². The summed E-state index contributed by atoms with van der Waals surface area (Å²) in [6.07, 6.45) is 1.56. The lowest BCUT2D eigenvalue weighted by Gasteiger charge is -2.17. The van der Waals surface area contributed by atoms with Crippen LogP contribution in [-0.2, 0) is 17.5 Å². The summed E-state index contributed by atoms with van der Waals surface area (Å²) in [6, 6.07) is 11.8. The molecule has 9 nitrogen and oxygen atoms in total. The van der Waals surface area contributed by atoms with Crippen LogP contribution < -0.4 is 5.73 Å². The van der Waals surface area contributed by atoms with E-state index >= 15 is 0 Å². The Bertz CT molecular complexity index is 1230. The summed E-state index contributed by atoms with van der Waals surface area (Å²) in [5.41, 5.74) is 9.57. The van der Waals surface area contributed by atoms with Crippen molar-refractivity contribution in [1.29, 1.82) is 0 Å². The van der Waals surface area contributed by atoms with E-state index in [4.69, 9.17) is 10.5 Å². The third-order valence-electron chi connectivity index (χ3n) is 5.78. The number of aryl methyl sites for hydroxylation is 1. The molecule has 166 valence electrons. The number of thioether (sulfide) groups is 1. The second kappa shape index (κ2) is 8.55. The predicted molar refractivity (Wildman–Crippen MR) is 123 cm³/mol. The molecule has 0 aliphatic carbocycles. The highest BCUT2D eigenvalue weighted by Crippen LogP contribution is 2.35. The van der Waals surface area contributed by atoms with Crippen LogP contribution in [0.2, 0.25) is 0 Å². The molecule has 1 aliphatic heterocycles. The van der Waals surface area contributed by atoms with Crippen LogP contribution in [0.3, 0.4) is 0 Å². The molecule has 0 spiro atoms. The molecule has 3 aromatic heterocycles. The Hall–Kier alpha value is -2.92. The number of nitrogens with two attached hydrogens (primary N) is 1. The van der Waals surface area contributed by atoms with Gasteiger partial charge in [0.05, 0.1) is 29.2 Å². The summed E-state index contributed by atoms with van der Waals surface area (Å²) >= 11 is 1.63. The molecule has 32 heavy (non-hydrogen) atoms. The van der Waals surface area contributed by atoms with E-state index < -0.39 is 24.5 Å². The van der Waals surface area contributed by atoms with E-state index in [-0.39, 0.29) is 0 Å². The number of aliphatic hydroxyl groups is 2. The van der Waals surface area contributed by atoms with E-state index in [9.17, 15) is 10.2 Å². The second-order valence-corrected chi connectivity index (χ2v) is 8.83. The lowest BCUT2D eigenvalue weighted by Crippen LogP contribution is -2.32. The first kappa shape index (κ1) is 21.0. The molecule has 4 aromatic rings. The van der Waals surface area contributed by atoms with Gasteiger partial charge in [0.2, 0.25) is 0 Å². The molecule has 0 amide bonds. The van der Waals surface area contributed by atoms with Crippen molar-refractivity contribution in [3.63, 3.8) is 0 Å². The molecule has 0 radical (unpaired) electrons. The number of aromatic nitrogens is 5. The van der Waals surface area contributed by atoms with Crippen molar-refractivity contribution in [2.75, 3.05) is 11.5 Å². The van der Waals surface area contributed by atoms with Gasteiger partial charge in [-0.2, -0.15) is 11.8 Å². The van der Waals surface area contributed by atoms with Gasteiger partial charge in [0.25, 0.3) is 0 Å². The molecule has 0 saturated carbocycles. The maximum Gasteiger partial charge on any atom is 0.164 e. The van der Waals surface area contributed by atoms with Crippen molar-refractivity contribution in [2.45, 2.75) is 30.3 Å². The zero-order valence-corrected chi connectivity index (χ0v) is 18.3. The van der Waals surface area contributed by atoms with Crippen molar-refractivity contribution < 1.29 is 14.9 Å². The largest absolute Gasteiger partial charge is 0.387 e. The third kappa shape index (κ3) is 3.65. The minimum atomic E-state index is -1.08. The zero-order valence-electron chi connectivity index (χ0n) is 17.4. The Balaban J connectivity index is 1.28. The molecule has 1 aliphatic rings. The Morgan fingerprint density at radius 1 is 1.09 bits per heavy atom. The minimum absolute atomic E-state index is 0.360. The fourth-order valence-corrected chi connectivity index (χ4v) is 5.19. The number of rotatable bonds is 6. The first-order chi connectivity index (χ1) is 15.5. The molecule has 4 atom stereocenters. The fraction of sp³-hybridized carbons (Fsp3) is 0.318. The number of ether oxygens (including phenoxy) is 1. The summed E-state index contributed by atoms with van der Waals surface area (Å²) in [5, 5.41) is 22.0. The molecule has 1 aromatic carbocycles. The van der Waals surface area contributed by atoms with Gasteiger partial charge in [-0.25, -0.2) is 15.0 Å². The quantitative estimate of drug-likeness (QED) is 0.406. The van der Waals surface area contributed by atoms with Gasteiger partial charge in [-0.15, -0.1) is 0 Å². The molecular formula is C22H24N6O3S. The van der Waals surface area contributed by atoms with Gasteiger partial charge in [0, 0.05) is 30.3 Å². The maximum absolute atomic E-state index is 10.7. The number of nitrogens with zero attached hydrogens (tertiary/aromatic N) is 5. The number of imidazole rings is 1.